The summed E-state index contributed by atoms with van der Waals surface area (Å²) < 4.78 is 6.58. The number of hydrogen-bond donors (Lipinski definition) is 2. The number of nitrogens with zero attached hydrogens (tertiary/aromatic N) is 2. The van der Waals surface area contributed by atoms with E-state index in [4.69, 9.17) is 4.42 Å². The van der Waals surface area contributed by atoms with Crippen LogP contribution in [0.2, 0.25) is 0 Å². The molecule has 0 bridgehead atoms. The summed E-state index contributed by atoms with van der Waals surface area (Å²) in [4.78, 5) is 0. The van der Waals surface area contributed by atoms with Gasteiger partial charge in [-0.2, -0.15) is 0 Å². The fourth-order valence-electron chi connectivity index (χ4n) is 2.02. The summed E-state index contributed by atoms with van der Waals surface area (Å²) in [5.41, 5.74) is 3.28. The minimum atomic E-state index is 0.406. The molecule has 6 heteroatoms. The Bertz CT molecular complexity index is 586. The third kappa shape index (κ3) is 4.54. The Morgan fingerprint density at radius 3 is 2.67 bits per heavy atom. The topological polar surface area (TPSA) is 63.0 Å². The van der Waals surface area contributed by atoms with Crippen molar-refractivity contribution in [1.29, 1.82) is 0 Å². The molecule has 0 saturated carbocycles. The van der Waals surface area contributed by atoms with Crippen molar-refractivity contribution in [1.82, 2.24) is 15.5 Å². The van der Waals surface area contributed by atoms with Gasteiger partial charge in [-0.3, -0.25) is 0 Å². The van der Waals surface area contributed by atoms with Crippen LogP contribution in [0.3, 0.4) is 0 Å². The molecule has 0 unspecified atom stereocenters. The number of hydrogen-bond acceptors (Lipinski definition) is 5. The molecular formula is C15H21BrN4O. The lowest BCUT2D eigenvalue weighted by Gasteiger charge is -2.09. The molecule has 114 valence electrons. The Morgan fingerprint density at radius 2 is 2.00 bits per heavy atom. The van der Waals surface area contributed by atoms with Gasteiger partial charge in [-0.1, -0.05) is 25.0 Å². The standard InChI is InChI=1S/C15H21BrN4O/c1-9(2)7-17-8-13-19-20-15(21-13)18-14-11(4)5-10(3)6-12(14)16/h5-6,9,17H,7-8H2,1-4H3,(H,18,20). The first kappa shape index (κ1) is 16.0. The molecule has 5 nitrogen and oxygen atoms in total. The molecule has 1 aromatic carbocycles. The first-order valence-corrected chi connectivity index (χ1v) is 7.82. The van der Waals surface area contributed by atoms with E-state index in [0.29, 0.717) is 24.4 Å². The third-order valence-corrected chi connectivity index (χ3v) is 3.58. The molecule has 0 aliphatic heterocycles. The molecule has 2 aromatic rings. The minimum Gasteiger partial charge on any atom is -0.406 e. The van der Waals surface area contributed by atoms with Gasteiger partial charge in [0.25, 0.3) is 0 Å². The molecule has 2 N–H and O–H groups in total. The van der Waals surface area contributed by atoms with E-state index in [9.17, 15) is 0 Å². The van der Waals surface area contributed by atoms with Crippen molar-refractivity contribution < 1.29 is 4.42 Å². The quantitative estimate of drug-likeness (QED) is 0.824. The monoisotopic (exact) mass is 352 g/mol. The number of nitrogens with one attached hydrogen (secondary N) is 2. The van der Waals surface area contributed by atoms with Gasteiger partial charge in [-0.05, 0) is 59.4 Å². The molecule has 0 spiro atoms. The van der Waals surface area contributed by atoms with Crippen molar-refractivity contribution in [2.24, 2.45) is 5.92 Å². The van der Waals surface area contributed by atoms with E-state index in [-0.39, 0.29) is 0 Å². The maximum absolute atomic E-state index is 5.59. The second-order valence-corrected chi connectivity index (χ2v) is 6.44. The molecule has 0 atom stereocenters. The predicted octanol–water partition coefficient (Wildman–Crippen LogP) is 3.94. The number of anilines is 2. The van der Waals surface area contributed by atoms with Crippen LogP contribution in [0, 0.1) is 19.8 Å². The SMILES string of the molecule is Cc1cc(C)c(Nc2nnc(CNCC(C)C)o2)c(Br)c1. The Balaban J connectivity index is 2.03. The van der Waals surface area contributed by atoms with Crippen LogP contribution < -0.4 is 10.6 Å². The second-order valence-electron chi connectivity index (χ2n) is 5.59. The van der Waals surface area contributed by atoms with E-state index >= 15 is 0 Å². The van der Waals surface area contributed by atoms with Crippen LogP contribution >= 0.6 is 15.9 Å². The van der Waals surface area contributed by atoms with Gasteiger partial charge in [0.15, 0.2) is 0 Å². The summed E-state index contributed by atoms with van der Waals surface area (Å²) in [5, 5.41) is 14.5. The molecule has 0 saturated heterocycles. The highest BCUT2D eigenvalue weighted by Gasteiger charge is 2.10. The van der Waals surface area contributed by atoms with E-state index in [1.165, 1.54) is 5.56 Å². The summed E-state index contributed by atoms with van der Waals surface area (Å²) in [6.45, 7) is 9.93. The Hall–Kier alpha value is -1.40. The van der Waals surface area contributed by atoms with Gasteiger partial charge in [-0.25, -0.2) is 0 Å². The summed E-state index contributed by atoms with van der Waals surface area (Å²) in [7, 11) is 0. The lowest BCUT2D eigenvalue weighted by atomic mass is 10.1. The van der Waals surface area contributed by atoms with E-state index in [2.05, 4.69) is 69.7 Å². The number of benzene rings is 1. The molecule has 0 radical (unpaired) electrons. The Morgan fingerprint density at radius 1 is 1.24 bits per heavy atom. The summed E-state index contributed by atoms with van der Waals surface area (Å²) in [6.07, 6.45) is 0. The zero-order valence-electron chi connectivity index (χ0n) is 12.8. The van der Waals surface area contributed by atoms with E-state index in [0.717, 1.165) is 22.3 Å². The fraction of sp³-hybridized carbons (Fsp3) is 0.467. The number of aryl methyl sites for hydroxylation is 2. The van der Waals surface area contributed by atoms with Crippen molar-refractivity contribution in [3.05, 3.63) is 33.6 Å². The van der Waals surface area contributed by atoms with Crippen molar-refractivity contribution in [3.63, 3.8) is 0 Å². The van der Waals surface area contributed by atoms with Crippen molar-refractivity contribution >= 4 is 27.6 Å². The normalized spacial score (nSPS) is 11.1. The second kappa shape index (κ2) is 7.04. The number of halogens is 1. The van der Waals surface area contributed by atoms with Crippen LogP contribution in [0.15, 0.2) is 21.0 Å². The molecule has 1 heterocycles. The average molecular weight is 353 g/mol. The van der Waals surface area contributed by atoms with Gasteiger partial charge in [0.1, 0.15) is 0 Å². The number of rotatable bonds is 6. The zero-order chi connectivity index (χ0) is 15.4. The molecular weight excluding hydrogens is 332 g/mol. The highest BCUT2D eigenvalue weighted by molar-refractivity contribution is 9.10. The van der Waals surface area contributed by atoms with Crippen LogP contribution in [0.5, 0.6) is 0 Å². The smallest absolute Gasteiger partial charge is 0.320 e. The van der Waals surface area contributed by atoms with Crippen molar-refractivity contribution in [3.8, 4) is 0 Å². The lowest BCUT2D eigenvalue weighted by molar-refractivity contribution is 0.460. The van der Waals surface area contributed by atoms with Gasteiger partial charge < -0.3 is 15.1 Å². The average Bonchev–Trinajstić information content (AvgIpc) is 2.81. The Kier molecular flexibility index (Phi) is 5.36. The summed E-state index contributed by atoms with van der Waals surface area (Å²) in [5.74, 6) is 1.18. The Labute approximate surface area is 133 Å². The van der Waals surface area contributed by atoms with Gasteiger partial charge in [0, 0.05) is 4.47 Å². The molecule has 0 aliphatic carbocycles. The lowest BCUT2D eigenvalue weighted by Crippen LogP contribution is -2.19. The maximum atomic E-state index is 5.59. The summed E-state index contributed by atoms with van der Waals surface area (Å²) >= 11 is 3.56. The van der Waals surface area contributed by atoms with Crippen LogP contribution in [-0.2, 0) is 6.54 Å². The molecule has 21 heavy (non-hydrogen) atoms. The van der Waals surface area contributed by atoms with E-state index in [1.54, 1.807) is 0 Å². The van der Waals surface area contributed by atoms with Gasteiger partial charge in [0.05, 0.1) is 12.2 Å². The minimum absolute atomic E-state index is 0.406. The number of aromatic nitrogens is 2. The molecule has 0 fully saturated rings. The highest BCUT2D eigenvalue weighted by Crippen LogP contribution is 2.30. The summed E-state index contributed by atoms with van der Waals surface area (Å²) in [6, 6.07) is 4.56. The van der Waals surface area contributed by atoms with E-state index in [1.807, 2.05) is 6.92 Å². The maximum Gasteiger partial charge on any atom is 0.320 e. The predicted molar refractivity (Wildman–Crippen MR) is 87.7 cm³/mol. The largest absolute Gasteiger partial charge is 0.406 e. The molecule has 0 aliphatic rings. The molecule has 0 amide bonds. The first-order valence-electron chi connectivity index (χ1n) is 7.02. The third-order valence-electron chi connectivity index (χ3n) is 2.96. The van der Waals surface area contributed by atoms with Gasteiger partial charge >= 0.3 is 6.01 Å². The van der Waals surface area contributed by atoms with Gasteiger partial charge in [0.2, 0.25) is 5.89 Å². The van der Waals surface area contributed by atoms with Crippen LogP contribution in [0.4, 0.5) is 11.7 Å². The van der Waals surface area contributed by atoms with Crippen LogP contribution in [0.25, 0.3) is 0 Å². The van der Waals surface area contributed by atoms with Gasteiger partial charge in [-0.15, -0.1) is 5.10 Å². The highest BCUT2D eigenvalue weighted by atomic mass is 79.9. The van der Waals surface area contributed by atoms with Crippen molar-refractivity contribution in [2.75, 3.05) is 11.9 Å². The van der Waals surface area contributed by atoms with E-state index < -0.39 is 0 Å². The molecule has 2 rings (SSSR count). The van der Waals surface area contributed by atoms with Crippen molar-refractivity contribution in [2.45, 2.75) is 34.2 Å². The molecule has 1 aromatic heterocycles. The first-order chi connectivity index (χ1) is 9.95. The van der Waals surface area contributed by atoms with Crippen LogP contribution in [0.1, 0.15) is 30.9 Å². The zero-order valence-corrected chi connectivity index (χ0v) is 14.4. The fourth-order valence-corrected chi connectivity index (χ4v) is 2.80. The van der Waals surface area contributed by atoms with Crippen LogP contribution in [-0.4, -0.2) is 16.7 Å².